The second-order valence-corrected chi connectivity index (χ2v) is 6.62. The summed E-state index contributed by atoms with van der Waals surface area (Å²) in [4.78, 5) is 15.5. The van der Waals surface area contributed by atoms with Gasteiger partial charge < -0.3 is 10.3 Å². The van der Waals surface area contributed by atoms with Crippen LogP contribution in [0.15, 0.2) is 46.2 Å². The summed E-state index contributed by atoms with van der Waals surface area (Å²) >= 11 is 7.64. The Labute approximate surface area is 136 Å². The number of anilines is 2. The topological polar surface area (TPSA) is 65.4 Å². The molecule has 0 atom stereocenters. The van der Waals surface area contributed by atoms with Crippen LogP contribution in [-0.4, -0.2) is 33.0 Å². The summed E-state index contributed by atoms with van der Waals surface area (Å²) in [6.45, 7) is 0. The Kier molecular flexibility index (Phi) is 4.10. The van der Waals surface area contributed by atoms with Crippen LogP contribution in [0.1, 0.15) is 0 Å². The monoisotopic (exact) mass is 335 g/mol. The summed E-state index contributed by atoms with van der Waals surface area (Å²) in [5, 5.41) is 7.74. The molecule has 0 fully saturated rings. The first kappa shape index (κ1) is 15.0. The number of rotatable bonds is 4. The molecule has 0 unspecified atom stereocenters. The standard InChI is InChI=1S/C14H14ClN5OS/c1-19(2)22-10-5-3-9(4-6-10)17-12-7-13(21)18-14-11(15)8-16-20(12)14/h3-8,17H,1-2H3,(H,18,21). The fourth-order valence-corrected chi connectivity index (χ4v) is 2.86. The molecule has 0 saturated carbocycles. The Morgan fingerprint density at radius 2 is 2.05 bits per heavy atom. The lowest BCUT2D eigenvalue weighted by atomic mass is 10.3. The smallest absolute Gasteiger partial charge is 0.253 e. The van der Waals surface area contributed by atoms with Gasteiger partial charge in [-0.2, -0.15) is 9.61 Å². The zero-order valence-corrected chi connectivity index (χ0v) is 13.6. The zero-order valence-electron chi connectivity index (χ0n) is 12.0. The summed E-state index contributed by atoms with van der Waals surface area (Å²) in [7, 11) is 3.98. The maximum Gasteiger partial charge on any atom is 0.253 e. The number of halogens is 1. The first-order chi connectivity index (χ1) is 10.5. The molecular formula is C14H14ClN5OS. The van der Waals surface area contributed by atoms with Crippen LogP contribution in [0.3, 0.4) is 0 Å². The van der Waals surface area contributed by atoms with Gasteiger partial charge in [-0.3, -0.25) is 9.10 Å². The van der Waals surface area contributed by atoms with E-state index in [1.54, 1.807) is 16.5 Å². The van der Waals surface area contributed by atoms with E-state index in [1.165, 1.54) is 12.3 Å². The molecule has 6 nitrogen and oxygen atoms in total. The van der Waals surface area contributed by atoms with Gasteiger partial charge in [0.1, 0.15) is 10.8 Å². The van der Waals surface area contributed by atoms with Gasteiger partial charge >= 0.3 is 0 Å². The van der Waals surface area contributed by atoms with Gasteiger partial charge in [-0.25, -0.2) is 0 Å². The van der Waals surface area contributed by atoms with E-state index in [1.807, 2.05) is 42.7 Å². The van der Waals surface area contributed by atoms with Gasteiger partial charge in [0, 0.05) is 16.6 Å². The van der Waals surface area contributed by atoms with E-state index in [0.29, 0.717) is 16.5 Å². The number of benzene rings is 1. The average molecular weight is 336 g/mol. The largest absolute Gasteiger partial charge is 0.340 e. The van der Waals surface area contributed by atoms with Crippen molar-refractivity contribution in [3.8, 4) is 0 Å². The minimum Gasteiger partial charge on any atom is -0.340 e. The number of hydrogen-bond donors (Lipinski definition) is 2. The highest BCUT2D eigenvalue weighted by molar-refractivity contribution is 7.97. The molecule has 2 aromatic heterocycles. The Morgan fingerprint density at radius 1 is 1.32 bits per heavy atom. The normalized spacial score (nSPS) is 11.3. The fourth-order valence-electron chi connectivity index (χ4n) is 2.01. The number of hydrogen-bond acceptors (Lipinski definition) is 5. The van der Waals surface area contributed by atoms with Crippen molar-refractivity contribution >= 4 is 40.7 Å². The second kappa shape index (κ2) is 6.04. The molecule has 1 aromatic carbocycles. The van der Waals surface area contributed by atoms with E-state index in [0.717, 1.165) is 10.6 Å². The van der Waals surface area contributed by atoms with E-state index in [4.69, 9.17) is 11.6 Å². The third-order valence-electron chi connectivity index (χ3n) is 2.88. The SMILES string of the molecule is CN(C)Sc1ccc(Nc2cc(=O)[nH]c3c(Cl)cnn23)cc1. The van der Waals surface area contributed by atoms with Gasteiger partial charge in [-0.05, 0) is 50.3 Å². The van der Waals surface area contributed by atoms with Crippen LogP contribution >= 0.6 is 23.5 Å². The average Bonchev–Trinajstić information content (AvgIpc) is 2.82. The molecule has 0 aliphatic rings. The Bertz CT molecular complexity index is 856. The van der Waals surface area contributed by atoms with Crippen LogP contribution in [-0.2, 0) is 0 Å². The van der Waals surface area contributed by atoms with Gasteiger partial charge in [0.2, 0.25) is 0 Å². The molecule has 0 spiro atoms. The van der Waals surface area contributed by atoms with Crippen LogP contribution in [0.5, 0.6) is 0 Å². The minimum absolute atomic E-state index is 0.239. The van der Waals surface area contributed by atoms with Gasteiger partial charge in [0.15, 0.2) is 5.65 Å². The van der Waals surface area contributed by atoms with Crippen molar-refractivity contribution in [1.82, 2.24) is 18.9 Å². The van der Waals surface area contributed by atoms with Crippen molar-refractivity contribution in [2.75, 3.05) is 19.4 Å². The third-order valence-corrected chi connectivity index (χ3v) is 4.00. The van der Waals surface area contributed by atoms with Gasteiger partial charge in [0.05, 0.1) is 6.20 Å². The number of nitrogens with zero attached hydrogens (tertiary/aromatic N) is 3. The lowest BCUT2D eigenvalue weighted by Crippen LogP contribution is -2.11. The van der Waals surface area contributed by atoms with E-state index in [2.05, 4.69) is 15.4 Å². The third kappa shape index (κ3) is 3.11. The van der Waals surface area contributed by atoms with Gasteiger partial charge in [-0.1, -0.05) is 11.6 Å². The van der Waals surface area contributed by atoms with Crippen LogP contribution in [0.25, 0.3) is 5.65 Å². The summed E-state index contributed by atoms with van der Waals surface area (Å²) in [6.07, 6.45) is 1.49. The number of fused-ring (bicyclic) bond motifs is 1. The molecular weight excluding hydrogens is 322 g/mol. The van der Waals surface area contributed by atoms with Crippen molar-refractivity contribution in [3.05, 3.63) is 51.9 Å². The summed E-state index contributed by atoms with van der Waals surface area (Å²) in [6, 6.07) is 9.35. The molecule has 114 valence electrons. The number of aromatic amines is 1. The van der Waals surface area contributed by atoms with E-state index in [9.17, 15) is 4.79 Å². The van der Waals surface area contributed by atoms with Crippen molar-refractivity contribution in [3.63, 3.8) is 0 Å². The molecule has 0 aliphatic heterocycles. The van der Waals surface area contributed by atoms with Crippen molar-refractivity contribution in [2.24, 2.45) is 0 Å². The molecule has 3 rings (SSSR count). The van der Waals surface area contributed by atoms with Crippen LogP contribution in [0.4, 0.5) is 11.5 Å². The predicted molar refractivity (Wildman–Crippen MR) is 90.1 cm³/mol. The summed E-state index contributed by atoms with van der Waals surface area (Å²) < 4.78 is 3.58. The summed E-state index contributed by atoms with van der Waals surface area (Å²) in [5.74, 6) is 0.554. The molecule has 0 amide bonds. The van der Waals surface area contributed by atoms with Gasteiger partial charge in [0.25, 0.3) is 5.56 Å². The highest BCUT2D eigenvalue weighted by Gasteiger charge is 2.08. The molecule has 22 heavy (non-hydrogen) atoms. The number of H-pyrrole nitrogens is 1. The first-order valence-corrected chi connectivity index (χ1v) is 7.67. The maximum atomic E-state index is 11.7. The van der Waals surface area contributed by atoms with E-state index < -0.39 is 0 Å². The zero-order chi connectivity index (χ0) is 15.7. The van der Waals surface area contributed by atoms with Gasteiger partial charge in [-0.15, -0.1) is 0 Å². The molecule has 0 saturated heterocycles. The highest BCUT2D eigenvalue weighted by Crippen LogP contribution is 2.24. The highest BCUT2D eigenvalue weighted by atomic mass is 35.5. The van der Waals surface area contributed by atoms with Crippen molar-refractivity contribution < 1.29 is 0 Å². The lowest BCUT2D eigenvalue weighted by Gasteiger charge is -2.11. The Hall–Kier alpha value is -1.96. The van der Waals surface area contributed by atoms with Crippen molar-refractivity contribution in [2.45, 2.75) is 4.90 Å². The van der Waals surface area contributed by atoms with E-state index >= 15 is 0 Å². The fraction of sp³-hybridized carbons (Fsp3) is 0.143. The van der Waals surface area contributed by atoms with Crippen LogP contribution < -0.4 is 10.9 Å². The Morgan fingerprint density at radius 3 is 2.73 bits per heavy atom. The summed E-state index contributed by atoms with van der Waals surface area (Å²) in [5.41, 5.74) is 1.09. The second-order valence-electron chi connectivity index (χ2n) is 4.82. The number of nitrogens with one attached hydrogen (secondary N) is 2. The van der Waals surface area contributed by atoms with Crippen molar-refractivity contribution in [1.29, 1.82) is 0 Å². The van der Waals surface area contributed by atoms with E-state index in [-0.39, 0.29) is 5.56 Å². The molecule has 0 aliphatic carbocycles. The molecule has 8 heteroatoms. The lowest BCUT2D eigenvalue weighted by molar-refractivity contribution is 0.702. The molecule has 2 N–H and O–H groups in total. The molecule has 0 radical (unpaired) electrons. The molecule has 0 bridgehead atoms. The number of aromatic nitrogens is 3. The van der Waals surface area contributed by atoms with Crippen LogP contribution in [0.2, 0.25) is 5.02 Å². The quantitative estimate of drug-likeness (QED) is 0.718. The first-order valence-electron chi connectivity index (χ1n) is 6.52. The molecule has 2 heterocycles. The van der Waals surface area contributed by atoms with Crippen LogP contribution in [0, 0.1) is 0 Å². The maximum absolute atomic E-state index is 11.7. The minimum atomic E-state index is -0.239. The predicted octanol–water partition coefficient (Wildman–Crippen LogP) is 2.99. The molecule has 3 aromatic rings. The Balaban J connectivity index is 1.91.